The van der Waals surface area contributed by atoms with Crippen LogP contribution in [0.4, 0.5) is 0 Å². The third-order valence-electron chi connectivity index (χ3n) is 28.9. The molecule has 0 aliphatic heterocycles. The molecule has 0 saturated heterocycles. The van der Waals surface area contributed by atoms with E-state index in [0.717, 1.165) is 172 Å². The van der Waals surface area contributed by atoms with Gasteiger partial charge in [-0.1, -0.05) is 358 Å². The van der Waals surface area contributed by atoms with Crippen LogP contribution in [-0.4, -0.2) is 48.2 Å². The molecule has 0 unspecified atom stereocenters. The summed E-state index contributed by atoms with van der Waals surface area (Å²) in [6.07, 6.45) is 0. The van der Waals surface area contributed by atoms with Crippen LogP contribution < -0.4 is 0 Å². The zero-order valence-electron chi connectivity index (χ0n) is 77.5. The summed E-state index contributed by atoms with van der Waals surface area (Å²) in [4.78, 5) is 30.0. The fourth-order valence-electron chi connectivity index (χ4n) is 22.2. The van der Waals surface area contributed by atoms with Gasteiger partial charge >= 0.3 is 0 Å². The van der Waals surface area contributed by atoms with Gasteiger partial charge in [0.15, 0.2) is 46.1 Å². The number of aromatic nitrogens is 10. The SMILES string of the molecule is c1ccc(-c2nc(-c3ccccc3)nc(-c3ccc(-c4ccc(-n5c6ccccc6c6cc(-c7ccc8c(c7)c7ccccc7n8-c7cccc8c7oc7ccccc78)ccc65)cc4)cc3)n2)cc1.c1ccc(-c2nc(-c3ccccc3)nc(-c3ccc4c5ccccc5c5ccc(-n6c7ccccc7c7cc(-c8ccc9c(c8)c8ccccc8n9-c8cccc9c8oc8ccccc89)ccc76)cc5c4c3)n2)cc1. The lowest BCUT2D eigenvalue weighted by molar-refractivity contribution is 0.666. The molecule has 0 atom stereocenters. The summed E-state index contributed by atoms with van der Waals surface area (Å²) in [6.45, 7) is 0. The van der Waals surface area contributed by atoms with E-state index in [1.54, 1.807) is 0 Å². The molecule has 0 fully saturated rings. The van der Waals surface area contributed by atoms with Gasteiger partial charge in [0.1, 0.15) is 11.2 Å². The van der Waals surface area contributed by atoms with Crippen molar-refractivity contribution < 1.29 is 8.83 Å². The van der Waals surface area contributed by atoms with Gasteiger partial charge in [0.05, 0.1) is 55.5 Å². The van der Waals surface area contributed by atoms with Crippen molar-refractivity contribution in [2.24, 2.45) is 0 Å². The lowest BCUT2D eigenvalue weighted by atomic mass is 9.93. The van der Waals surface area contributed by atoms with Crippen LogP contribution in [-0.2, 0) is 0 Å². The van der Waals surface area contributed by atoms with Crippen LogP contribution in [0, 0.1) is 0 Å². The summed E-state index contributed by atoms with van der Waals surface area (Å²) in [5.41, 5.74) is 29.6. The summed E-state index contributed by atoms with van der Waals surface area (Å²) in [6, 6.07) is 172. The first-order chi connectivity index (χ1) is 71.4. The molecule has 0 radical (unpaired) electrons. The Labute approximate surface area is 824 Å². The highest BCUT2D eigenvalue weighted by Gasteiger charge is 2.26. The Hall–Kier alpha value is -19.6. The highest BCUT2D eigenvalue weighted by Crippen LogP contribution is 2.48. The van der Waals surface area contributed by atoms with Crippen molar-refractivity contribution in [3.05, 3.63) is 485 Å². The summed E-state index contributed by atoms with van der Waals surface area (Å²) < 4.78 is 22.7. The molecule has 0 N–H and O–H groups in total. The summed E-state index contributed by atoms with van der Waals surface area (Å²) in [5, 5.41) is 21.2. The van der Waals surface area contributed by atoms with E-state index in [1.807, 2.05) is 115 Å². The molecule has 0 spiro atoms. The molecule has 0 aliphatic carbocycles. The fraction of sp³-hybridized carbons (Fsp3) is 0. The maximum absolute atomic E-state index is 6.59. The number of para-hydroxylation sites is 8. The second-order valence-corrected chi connectivity index (χ2v) is 37.1. The minimum absolute atomic E-state index is 0.630. The first-order valence-corrected chi connectivity index (χ1v) is 48.7. The van der Waals surface area contributed by atoms with Crippen molar-refractivity contribution in [2.45, 2.75) is 0 Å². The monoisotopic (exact) mass is 1840 g/mol. The van der Waals surface area contributed by atoms with Crippen LogP contribution in [0.5, 0.6) is 0 Å². The van der Waals surface area contributed by atoms with Gasteiger partial charge in [-0.05, 0) is 193 Å². The van der Waals surface area contributed by atoms with Gasteiger partial charge in [-0.3, -0.25) is 0 Å². The second kappa shape index (κ2) is 33.1. The van der Waals surface area contributed by atoms with E-state index in [-0.39, 0.29) is 0 Å². The molecule has 0 amide bonds. The first-order valence-electron chi connectivity index (χ1n) is 48.7. The maximum atomic E-state index is 6.59. The number of hydrogen-bond donors (Lipinski definition) is 0. The van der Waals surface area contributed by atoms with Crippen LogP contribution in [0.2, 0.25) is 0 Å². The topological polar surface area (TPSA) is 123 Å². The molecule has 30 rings (SSSR count). The van der Waals surface area contributed by atoms with Crippen LogP contribution >= 0.6 is 0 Å². The van der Waals surface area contributed by atoms with E-state index < -0.39 is 0 Å². The van der Waals surface area contributed by atoms with Gasteiger partial charge < -0.3 is 27.1 Å². The normalized spacial score (nSPS) is 11.9. The van der Waals surface area contributed by atoms with E-state index in [2.05, 4.69) is 388 Å². The molecular formula is C132H80N10O2. The molecule has 144 heavy (non-hydrogen) atoms. The van der Waals surface area contributed by atoms with E-state index in [0.29, 0.717) is 34.9 Å². The zero-order chi connectivity index (χ0) is 94.6. The highest BCUT2D eigenvalue weighted by molar-refractivity contribution is 6.27. The standard InChI is InChI=1S/C69H41N5O.C63H39N5O/c1-3-16-42(17-4-1)67-70-68(43-18-5-2-6-19-43)72-69(71-67)46-30-34-50-48-20-7-8-21-49(48)51-35-33-47(41-57(51)56(50)40-46)73-60-26-12-9-22-52(60)58-38-44(31-36-62(58)73)45-32-37-63-59(39-45)53-23-10-13-27-61(53)74(63)64-28-15-25-55-54-24-11-14-29-65(54)75-66(55)64;1-3-14-42(15-4-1)61-64-62(43-16-5-2-6-17-43)66-63(65-61)44-28-26-40(27-29-44)41-30-34-47(35-31-41)67-54-22-10-7-18-48(54)52-38-45(32-36-56(52)67)46-33-37-57-53(39-46)49-19-8-11-23-55(49)68(57)58-24-13-21-51-50-20-9-12-25-59(50)69-60(51)58/h1-41H;1-39H. The predicted molar refractivity (Wildman–Crippen MR) is 593 cm³/mol. The largest absolute Gasteiger partial charge is 0.454 e. The molecule has 670 valence electrons. The molecule has 0 aliphatic rings. The van der Waals surface area contributed by atoms with Crippen molar-refractivity contribution in [1.29, 1.82) is 0 Å². The van der Waals surface area contributed by atoms with Gasteiger partial charge in [0, 0.05) is 109 Å². The Morgan fingerprint density at radius 3 is 0.764 bits per heavy atom. The van der Waals surface area contributed by atoms with E-state index >= 15 is 0 Å². The maximum Gasteiger partial charge on any atom is 0.164 e. The Kier molecular flexibility index (Phi) is 18.8. The summed E-state index contributed by atoms with van der Waals surface area (Å²) in [7, 11) is 0. The lowest BCUT2D eigenvalue weighted by Crippen LogP contribution is -2.00. The average Bonchev–Trinajstić information content (AvgIpc) is 1.54. The van der Waals surface area contributed by atoms with Crippen molar-refractivity contribution in [2.75, 3.05) is 0 Å². The van der Waals surface area contributed by atoms with Crippen LogP contribution in [0.1, 0.15) is 0 Å². The molecule has 8 heterocycles. The molecule has 12 heteroatoms. The van der Waals surface area contributed by atoms with E-state index in [9.17, 15) is 0 Å². The molecular weight excluding hydrogens is 1760 g/mol. The lowest BCUT2D eigenvalue weighted by Gasteiger charge is -2.15. The summed E-state index contributed by atoms with van der Waals surface area (Å²) >= 11 is 0. The van der Waals surface area contributed by atoms with Gasteiger partial charge in [-0.25, -0.2) is 29.9 Å². The first kappa shape index (κ1) is 81.6. The number of hydrogen-bond acceptors (Lipinski definition) is 8. The fourth-order valence-corrected chi connectivity index (χ4v) is 22.2. The smallest absolute Gasteiger partial charge is 0.164 e. The average molecular weight is 1840 g/mol. The Bertz CT molecular complexity index is 10400. The Morgan fingerprint density at radius 2 is 0.375 bits per heavy atom. The van der Waals surface area contributed by atoms with Gasteiger partial charge in [-0.15, -0.1) is 0 Å². The number of fused-ring (bicyclic) bond motifs is 24. The van der Waals surface area contributed by atoms with Crippen LogP contribution in [0.25, 0.3) is 288 Å². The Morgan fingerprint density at radius 1 is 0.132 bits per heavy atom. The molecule has 8 aromatic heterocycles. The van der Waals surface area contributed by atoms with Crippen molar-refractivity contribution in [3.63, 3.8) is 0 Å². The number of nitrogens with zero attached hydrogens (tertiary/aromatic N) is 10. The second-order valence-electron chi connectivity index (χ2n) is 37.1. The molecule has 0 bridgehead atoms. The van der Waals surface area contributed by atoms with Gasteiger partial charge in [-0.2, -0.15) is 0 Å². The minimum Gasteiger partial charge on any atom is -0.454 e. The molecule has 0 saturated carbocycles. The number of furan rings is 2. The zero-order valence-corrected chi connectivity index (χ0v) is 77.5. The van der Waals surface area contributed by atoms with Gasteiger partial charge in [0.25, 0.3) is 0 Å². The van der Waals surface area contributed by atoms with Crippen molar-refractivity contribution >= 4 is 163 Å². The van der Waals surface area contributed by atoms with Crippen LogP contribution in [0.15, 0.2) is 494 Å². The highest BCUT2D eigenvalue weighted by atomic mass is 16.3. The Balaban J connectivity index is 0.000000137. The summed E-state index contributed by atoms with van der Waals surface area (Å²) in [5.74, 6) is 3.85. The quantitative estimate of drug-likeness (QED) is 0.105. The third-order valence-corrected chi connectivity index (χ3v) is 28.9. The van der Waals surface area contributed by atoms with Crippen molar-refractivity contribution in [3.8, 4) is 124 Å². The van der Waals surface area contributed by atoms with Crippen LogP contribution in [0.3, 0.4) is 0 Å². The minimum atomic E-state index is 0.630. The van der Waals surface area contributed by atoms with E-state index in [4.69, 9.17) is 38.7 Å². The van der Waals surface area contributed by atoms with E-state index in [1.165, 1.54) is 81.3 Å². The predicted octanol–water partition coefficient (Wildman–Crippen LogP) is 34.4. The third kappa shape index (κ3) is 13.4. The van der Waals surface area contributed by atoms with Gasteiger partial charge in [0.2, 0.25) is 0 Å². The number of rotatable bonds is 13. The molecule has 12 nitrogen and oxygen atoms in total. The molecule has 22 aromatic carbocycles. The number of benzene rings is 22. The molecule has 30 aromatic rings. The van der Waals surface area contributed by atoms with Crippen molar-refractivity contribution in [1.82, 2.24) is 48.2 Å².